The highest BCUT2D eigenvalue weighted by Crippen LogP contribution is 2.33. The van der Waals surface area contributed by atoms with Crippen molar-refractivity contribution in [1.82, 2.24) is 19.5 Å². The molecule has 0 spiro atoms. The molecule has 1 saturated heterocycles. The van der Waals surface area contributed by atoms with Crippen molar-refractivity contribution in [3.05, 3.63) is 17.8 Å². The Balaban J connectivity index is 1.82. The van der Waals surface area contributed by atoms with Crippen LogP contribution >= 0.6 is 11.6 Å². The summed E-state index contributed by atoms with van der Waals surface area (Å²) in [4.78, 5) is 22.7. The number of carbonyl (C=O) groups is 1. The Hall–Kier alpha value is -1.80. The van der Waals surface area contributed by atoms with E-state index < -0.39 is 24.5 Å². The normalized spacial score (nSPS) is 25.4. The van der Waals surface area contributed by atoms with E-state index >= 15 is 0 Å². The van der Waals surface area contributed by atoms with Crippen molar-refractivity contribution in [3.63, 3.8) is 0 Å². The molecule has 7 nitrogen and oxygen atoms in total. The molecule has 9 heteroatoms. The Labute approximate surface area is 124 Å². The van der Waals surface area contributed by atoms with E-state index in [4.69, 9.17) is 21.1 Å². The SMILES string of the molecule is CC(=O)OCC1CC(F)C(n2cnc3c(Cl)ncnc32)O1. The monoisotopic (exact) mass is 314 g/mol. The van der Waals surface area contributed by atoms with Gasteiger partial charge >= 0.3 is 5.97 Å². The van der Waals surface area contributed by atoms with Gasteiger partial charge in [-0.25, -0.2) is 19.3 Å². The lowest BCUT2D eigenvalue weighted by Crippen LogP contribution is -2.18. The molecule has 2 aromatic rings. The van der Waals surface area contributed by atoms with E-state index in [1.165, 1.54) is 24.1 Å². The highest BCUT2D eigenvalue weighted by Gasteiger charge is 2.38. The zero-order valence-corrected chi connectivity index (χ0v) is 11.8. The molecule has 21 heavy (non-hydrogen) atoms. The number of alkyl halides is 1. The van der Waals surface area contributed by atoms with Crippen LogP contribution in [0.3, 0.4) is 0 Å². The van der Waals surface area contributed by atoms with Gasteiger partial charge in [0.1, 0.15) is 24.6 Å². The summed E-state index contributed by atoms with van der Waals surface area (Å²) in [6.45, 7) is 1.32. The minimum Gasteiger partial charge on any atom is -0.463 e. The van der Waals surface area contributed by atoms with Gasteiger partial charge in [0.2, 0.25) is 0 Å². The summed E-state index contributed by atoms with van der Waals surface area (Å²) in [6.07, 6.45) is 0.205. The van der Waals surface area contributed by atoms with Crippen LogP contribution in [0.5, 0.6) is 0 Å². The number of halogens is 2. The molecule has 3 rings (SSSR count). The third-order valence-electron chi connectivity index (χ3n) is 3.19. The van der Waals surface area contributed by atoms with E-state index in [1.807, 2.05) is 0 Å². The zero-order valence-electron chi connectivity index (χ0n) is 11.1. The second kappa shape index (κ2) is 5.53. The van der Waals surface area contributed by atoms with E-state index in [-0.39, 0.29) is 18.2 Å². The maximum Gasteiger partial charge on any atom is 0.302 e. The first-order valence-corrected chi connectivity index (χ1v) is 6.70. The number of fused-ring (bicyclic) bond motifs is 1. The molecule has 2 aromatic heterocycles. The quantitative estimate of drug-likeness (QED) is 0.633. The lowest BCUT2D eigenvalue weighted by Gasteiger charge is -2.15. The summed E-state index contributed by atoms with van der Waals surface area (Å²) in [5.74, 6) is -0.426. The molecule has 0 amide bonds. The van der Waals surface area contributed by atoms with Crippen LogP contribution in [0.4, 0.5) is 4.39 Å². The predicted molar refractivity (Wildman–Crippen MR) is 70.4 cm³/mol. The van der Waals surface area contributed by atoms with Crippen LogP contribution in [-0.4, -0.2) is 44.4 Å². The van der Waals surface area contributed by atoms with Gasteiger partial charge in [0, 0.05) is 13.3 Å². The maximum absolute atomic E-state index is 14.2. The van der Waals surface area contributed by atoms with Crippen LogP contribution in [0.25, 0.3) is 11.2 Å². The van der Waals surface area contributed by atoms with Gasteiger partial charge in [-0.05, 0) is 0 Å². The van der Waals surface area contributed by atoms with Gasteiger partial charge in [0.25, 0.3) is 0 Å². The number of ether oxygens (including phenoxy) is 2. The fraction of sp³-hybridized carbons (Fsp3) is 0.500. The number of hydrogen-bond donors (Lipinski definition) is 0. The lowest BCUT2D eigenvalue weighted by atomic mass is 10.2. The number of esters is 1. The summed E-state index contributed by atoms with van der Waals surface area (Å²) in [6, 6.07) is 0. The molecule has 0 N–H and O–H groups in total. The highest BCUT2D eigenvalue weighted by atomic mass is 35.5. The smallest absolute Gasteiger partial charge is 0.302 e. The number of aromatic nitrogens is 4. The van der Waals surface area contributed by atoms with Gasteiger partial charge in [0.15, 0.2) is 17.0 Å². The third-order valence-corrected chi connectivity index (χ3v) is 3.47. The van der Waals surface area contributed by atoms with Gasteiger partial charge < -0.3 is 9.47 Å². The summed E-state index contributed by atoms with van der Waals surface area (Å²) >= 11 is 5.91. The zero-order chi connectivity index (χ0) is 15.0. The molecule has 0 aromatic carbocycles. The van der Waals surface area contributed by atoms with Crippen molar-refractivity contribution < 1.29 is 18.7 Å². The summed E-state index contributed by atoms with van der Waals surface area (Å²) in [5.41, 5.74) is 0.786. The van der Waals surface area contributed by atoms with Gasteiger partial charge in [-0.3, -0.25) is 9.36 Å². The number of nitrogens with zero attached hydrogens (tertiary/aromatic N) is 4. The summed E-state index contributed by atoms with van der Waals surface area (Å²) in [7, 11) is 0. The first-order valence-electron chi connectivity index (χ1n) is 6.32. The fourth-order valence-corrected chi connectivity index (χ4v) is 2.45. The third kappa shape index (κ3) is 2.68. The van der Waals surface area contributed by atoms with Crippen molar-refractivity contribution in [1.29, 1.82) is 0 Å². The Morgan fingerprint density at radius 3 is 3.14 bits per heavy atom. The standard InChI is InChI=1S/C12H12ClFN4O3/c1-6(19)20-3-7-2-8(14)12(21-7)18-5-17-9-10(13)15-4-16-11(9)18/h4-5,7-8,12H,2-3H2,1H3. The van der Waals surface area contributed by atoms with E-state index in [9.17, 15) is 9.18 Å². The molecule has 3 heterocycles. The summed E-state index contributed by atoms with van der Waals surface area (Å²) in [5, 5.41) is 0.198. The van der Waals surface area contributed by atoms with Crippen molar-refractivity contribution in [2.24, 2.45) is 0 Å². The maximum atomic E-state index is 14.2. The van der Waals surface area contributed by atoms with Crippen LogP contribution < -0.4 is 0 Å². The average Bonchev–Trinajstić information content (AvgIpc) is 3.01. The highest BCUT2D eigenvalue weighted by molar-refractivity contribution is 6.33. The number of imidazole rings is 1. The molecule has 0 saturated carbocycles. The van der Waals surface area contributed by atoms with Crippen LogP contribution in [0.1, 0.15) is 19.6 Å². The largest absolute Gasteiger partial charge is 0.463 e. The minimum absolute atomic E-state index is 0.0224. The lowest BCUT2D eigenvalue weighted by molar-refractivity contribution is -0.145. The first kappa shape index (κ1) is 14.2. The van der Waals surface area contributed by atoms with Crippen molar-refractivity contribution in [2.45, 2.75) is 31.8 Å². The minimum atomic E-state index is -1.25. The molecule has 3 unspecified atom stereocenters. The Morgan fingerprint density at radius 1 is 1.57 bits per heavy atom. The fourth-order valence-electron chi connectivity index (χ4n) is 2.27. The molecule has 0 bridgehead atoms. The molecular weight excluding hydrogens is 303 g/mol. The molecule has 0 radical (unpaired) electrons. The topological polar surface area (TPSA) is 79.1 Å². The first-order chi connectivity index (χ1) is 10.1. The van der Waals surface area contributed by atoms with Crippen LogP contribution in [0.15, 0.2) is 12.7 Å². The van der Waals surface area contributed by atoms with Crippen molar-refractivity contribution >= 4 is 28.7 Å². The molecular formula is C12H12ClFN4O3. The Bertz CT molecular complexity index is 680. The van der Waals surface area contributed by atoms with Gasteiger partial charge in [0.05, 0.1) is 12.4 Å². The Kier molecular flexibility index (Phi) is 3.73. The average molecular weight is 315 g/mol. The van der Waals surface area contributed by atoms with Crippen LogP contribution in [0.2, 0.25) is 5.15 Å². The molecule has 0 aliphatic carbocycles. The van der Waals surface area contributed by atoms with Gasteiger partial charge in [-0.1, -0.05) is 11.6 Å². The van der Waals surface area contributed by atoms with Gasteiger partial charge in [-0.2, -0.15) is 0 Å². The van der Waals surface area contributed by atoms with Gasteiger partial charge in [-0.15, -0.1) is 0 Å². The van der Waals surface area contributed by atoms with Crippen molar-refractivity contribution in [3.8, 4) is 0 Å². The van der Waals surface area contributed by atoms with Crippen LogP contribution in [0, 0.1) is 0 Å². The second-order valence-electron chi connectivity index (χ2n) is 4.69. The number of hydrogen-bond acceptors (Lipinski definition) is 6. The second-order valence-corrected chi connectivity index (χ2v) is 5.05. The van der Waals surface area contributed by atoms with Crippen LogP contribution in [-0.2, 0) is 14.3 Å². The predicted octanol–water partition coefficient (Wildman–Crippen LogP) is 1.67. The molecule has 3 atom stereocenters. The molecule has 1 aliphatic heterocycles. The number of rotatable bonds is 3. The van der Waals surface area contributed by atoms with E-state index in [0.29, 0.717) is 11.2 Å². The summed E-state index contributed by atoms with van der Waals surface area (Å²) < 4.78 is 26.1. The molecule has 1 aliphatic rings. The Morgan fingerprint density at radius 2 is 2.38 bits per heavy atom. The van der Waals surface area contributed by atoms with E-state index in [1.54, 1.807) is 0 Å². The number of carbonyl (C=O) groups excluding carboxylic acids is 1. The van der Waals surface area contributed by atoms with E-state index in [2.05, 4.69) is 15.0 Å². The molecule has 1 fully saturated rings. The molecule has 112 valence electrons. The van der Waals surface area contributed by atoms with E-state index in [0.717, 1.165) is 0 Å². The van der Waals surface area contributed by atoms with Crippen molar-refractivity contribution in [2.75, 3.05) is 6.61 Å².